The van der Waals surface area contributed by atoms with E-state index in [1.165, 1.54) is 11.3 Å². The van der Waals surface area contributed by atoms with Crippen LogP contribution in [0.2, 0.25) is 0 Å². The van der Waals surface area contributed by atoms with Gasteiger partial charge in [-0.1, -0.05) is 12.1 Å². The van der Waals surface area contributed by atoms with Crippen molar-refractivity contribution in [1.82, 2.24) is 0 Å². The van der Waals surface area contributed by atoms with E-state index >= 15 is 0 Å². The average Bonchev–Trinajstić information content (AvgIpc) is 2.46. The molecule has 0 heterocycles. The number of ether oxygens (including phenoxy) is 1. The van der Waals surface area contributed by atoms with Gasteiger partial charge in [-0.2, -0.15) is 0 Å². The highest BCUT2D eigenvalue weighted by atomic mass is 16.5. The Hall–Kier alpha value is -2.16. The molecule has 2 aromatic carbocycles. The Morgan fingerprint density at radius 1 is 1.05 bits per heavy atom. The summed E-state index contributed by atoms with van der Waals surface area (Å²) in [5.41, 5.74) is 3.52. The normalized spacial score (nSPS) is 10.1. The van der Waals surface area contributed by atoms with Crippen molar-refractivity contribution in [2.45, 2.75) is 6.54 Å². The SMILES string of the molecule is COc1cccc(CNc2ccc(N(C)C)cc2)c1. The Morgan fingerprint density at radius 3 is 2.42 bits per heavy atom. The lowest BCUT2D eigenvalue weighted by atomic mass is 10.2. The first kappa shape index (κ1) is 13.3. The monoisotopic (exact) mass is 256 g/mol. The third-order valence-electron chi connectivity index (χ3n) is 3.01. The van der Waals surface area contributed by atoms with E-state index < -0.39 is 0 Å². The molecule has 3 nitrogen and oxygen atoms in total. The summed E-state index contributed by atoms with van der Waals surface area (Å²) in [5.74, 6) is 0.891. The predicted octanol–water partition coefficient (Wildman–Crippen LogP) is 3.37. The molecule has 0 bridgehead atoms. The number of nitrogens with one attached hydrogen (secondary N) is 1. The minimum absolute atomic E-state index is 0.790. The van der Waals surface area contributed by atoms with Crippen LogP contribution in [0, 0.1) is 0 Å². The number of methoxy groups -OCH3 is 1. The minimum atomic E-state index is 0.790. The third kappa shape index (κ3) is 3.65. The Balaban J connectivity index is 1.98. The molecule has 0 aliphatic heterocycles. The van der Waals surface area contributed by atoms with Crippen LogP contribution in [-0.4, -0.2) is 21.2 Å². The molecular weight excluding hydrogens is 236 g/mol. The molecule has 19 heavy (non-hydrogen) atoms. The highest BCUT2D eigenvalue weighted by Gasteiger charge is 1.98. The smallest absolute Gasteiger partial charge is 0.119 e. The van der Waals surface area contributed by atoms with Gasteiger partial charge in [-0.25, -0.2) is 0 Å². The van der Waals surface area contributed by atoms with Gasteiger partial charge in [0, 0.05) is 32.0 Å². The van der Waals surface area contributed by atoms with Gasteiger partial charge in [-0.15, -0.1) is 0 Å². The van der Waals surface area contributed by atoms with Gasteiger partial charge in [-0.05, 0) is 42.0 Å². The number of rotatable bonds is 5. The number of hydrogen-bond acceptors (Lipinski definition) is 3. The molecule has 1 N–H and O–H groups in total. The second-order valence-corrected chi connectivity index (χ2v) is 4.65. The molecule has 0 amide bonds. The van der Waals surface area contributed by atoms with Crippen molar-refractivity contribution < 1.29 is 4.74 Å². The maximum Gasteiger partial charge on any atom is 0.119 e. The molecular formula is C16H20N2O. The molecule has 100 valence electrons. The lowest BCUT2D eigenvalue weighted by Crippen LogP contribution is -2.08. The maximum atomic E-state index is 5.22. The quantitative estimate of drug-likeness (QED) is 0.887. The summed E-state index contributed by atoms with van der Waals surface area (Å²) in [4.78, 5) is 2.09. The van der Waals surface area contributed by atoms with Gasteiger partial charge in [0.25, 0.3) is 0 Å². The summed E-state index contributed by atoms with van der Waals surface area (Å²) in [6.45, 7) is 0.790. The van der Waals surface area contributed by atoms with Crippen LogP contribution >= 0.6 is 0 Å². The van der Waals surface area contributed by atoms with E-state index in [1.54, 1.807) is 7.11 Å². The zero-order chi connectivity index (χ0) is 13.7. The third-order valence-corrected chi connectivity index (χ3v) is 3.01. The van der Waals surface area contributed by atoms with E-state index in [4.69, 9.17) is 4.74 Å². The van der Waals surface area contributed by atoms with Gasteiger partial charge in [0.05, 0.1) is 7.11 Å². The summed E-state index contributed by atoms with van der Waals surface area (Å²) in [6.07, 6.45) is 0. The maximum absolute atomic E-state index is 5.22. The predicted molar refractivity (Wildman–Crippen MR) is 81.1 cm³/mol. The summed E-state index contributed by atoms with van der Waals surface area (Å²) >= 11 is 0. The van der Waals surface area contributed by atoms with Gasteiger partial charge in [0.15, 0.2) is 0 Å². The first-order valence-corrected chi connectivity index (χ1v) is 6.33. The Morgan fingerprint density at radius 2 is 1.79 bits per heavy atom. The highest BCUT2D eigenvalue weighted by Crippen LogP contribution is 2.17. The number of benzene rings is 2. The van der Waals surface area contributed by atoms with Crippen LogP contribution in [0.25, 0.3) is 0 Å². The lowest BCUT2D eigenvalue weighted by molar-refractivity contribution is 0.414. The van der Waals surface area contributed by atoms with Crippen LogP contribution in [0.15, 0.2) is 48.5 Å². The average molecular weight is 256 g/mol. The minimum Gasteiger partial charge on any atom is -0.497 e. The molecule has 2 aromatic rings. The lowest BCUT2D eigenvalue weighted by Gasteiger charge is -2.13. The number of anilines is 2. The molecule has 0 aliphatic carbocycles. The van der Waals surface area contributed by atoms with E-state index in [1.807, 2.05) is 32.3 Å². The molecule has 0 saturated heterocycles. The number of hydrogen-bond donors (Lipinski definition) is 1. The van der Waals surface area contributed by atoms with Crippen molar-refractivity contribution in [3.63, 3.8) is 0 Å². The van der Waals surface area contributed by atoms with E-state index in [-0.39, 0.29) is 0 Å². The molecule has 2 rings (SSSR count). The van der Waals surface area contributed by atoms with Gasteiger partial charge < -0.3 is 15.0 Å². The summed E-state index contributed by atoms with van der Waals surface area (Å²) in [5, 5.41) is 3.40. The second-order valence-electron chi connectivity index (χ2n) is 4.65. The Kier molecular flexibility index (Phi) is 4.29. The summed E-state index contributed by atoms with van der Waals surface area (Å²) in [7, 11) is 5.77. The number of nitrogens with zero attached hydrogens (tertiary/aromatic N) is 1. The van der Waals surface area contributed by atoms with Crippen LogP contribution < -0.4 is 15.0 Å². The van der Waals surface area contributed by atoms with Gasteiger partial charge in [-0.3, -0.25) is 0 Å². The van der Waals surface area contributed by atoms with Crippen LogP contribution in [-0.2, 0) is 6.54 Å². The largest absolute Gasteiger partial charge is 0.497 e. The van der Waals surface area contributed by atoms with Gasteiger partial charge in [0.1, 0.15) is 5.75 Å². The van der Waals surface area contributed by atoms with Crippen molar-refractivity contribution in [1.29, 1.82) is 0 Å². The zero-order valence-corrected chi connectivity index (χ0v) is 11.7. The van der Waals surface area contributed by atoms with Crippen LogP contribution in [0.1, 0.15) is 5.56 Å². The Bertz CT molecular complexity index is 521. The summed E-state index contributed by atoms with van der Waals surface area (Å²) in [6, 6.07) is 16.5. The molecule has 0 spiro atoms. The van der Waals surface area contributed by atoms with E-state index in [9.17, 15) is 0 Å². The fourth-order valence-electron chi connectivity index (χ4n) is 1.86. The summed E-state index contributed by atoms with van der Waals surface area (Å²) < 4.78 is 5.22. The molecule has 0 aromatic heterocycles. The molecule has 0 fully saturated rings. The van der Waals surface area contributed by atoms with Crippen molar-refractivity contribution in [2.75, 3.05) is 31.4 Å². The van der Waals surface area contributed by atoms with Crippen molar-refractivity contribution in [2.24, 2.45) is 0 Å². The van der Waals surface area contributed by atoms with Crippen molar-refractivity contribution in [3.05, 3.63) is 54.1 Å². The van der Waals surface area contributed by atoms with E-state index in [0.29, 0.717) is 0 Å². The molecule has 3 heteroatoms. The van der Waals surface area contributed by atoms with Crippen LogP contribution in [0.4, 0.5) is 11.4 Å². The van der Waals surface area contributed by atoms with Crippen molar-refractivity contribution >= 4 is 11.4 Å². The van der Waals surface area contributed by atoms with E-state index in [0.717, 1.165) is 18.0 Å². The highest BCUT2D eigenvalue weighted by molar-refractivity contribution is 5.54. The second kappa shape index (κ2) is 6.14. The first-order chi connectivity index (χ1) is 9.19. The first-order valence-electron chi connectivity index (χ1n) is 6.33. The molecule has 0 radical (unpaired) electrons. The zero-order valence-electron chi connectivity index (χ0n) is 11.7. The fraction of sp³-hybridized carbons (Fsp3) is 0.250. The molecule has 0 aliphatic rings. The molecule has 0 atom stereocenters. The fourth-order valence-corrected chi connectivity index (χ4v) is 1.86. The van der Waals surface area contributed by atoms with Crippen molar-refractivity contribution in [3.8, 4) is 5.75 Å². The topological polar surface area (TPSA) is 24.5 Å². The van der Waals surface area contributed by atoms with Crippen LogP contribution in [0.3, 0.4) is 0 Å². The molecule has 0 saturated carbocycles. The standard InChI is InChI=1S/C16H20N2O/c1-18(2)15-9-7-14(8-10-15)17-12-13-5-4-6-16(11-13)19-3/h4-11,17H,12H2,1-3H3. The van der Waals surface area contributed by atoms with Crippen LogP contribution in [0.5, 0.6) is 5.75 Å². The Labute approximate surface area is 114 Å². The van der Waals surface area contributed by atoms with Gasteiger partial charge >= 0.3 is 0 Å². The van der Waals surface area contributed by atoms with E-state index in [2.05, 4.69) is 40.5 Å². The van der Waals surface area contributed by atoms with Gasteiger partial charge in [0.2, 0.25) is 0 Å². The molecule has 0 unspecified atom stereocenters.